The first-order valence-electron chi connectivity index (χ1n) is 16.8. The van der Waals surface area contributed by atoms with Crippen molar-refractivity contribution in [1.29, 1.82) is 0 Å². The number of hydrogen-bond donors (Lipinski definition) is 2. The molecule has 3 aromatic carbocycles. The highest BCUT2D eigenvalue weighted by Crippen LogP contribution is 2.33. The van der Waals surface area contributed by atoms with Gasteiger partial charge in [-0.05, 0) is 60.7 Å². The van der Waals surface area contributed by atoms with Crippen LogP contribution in [0.25, 0.3) is 0 Å². The first-order valence-corrected chi connectivity index (χ1v) is 19.7. The Hall–Kier alpha value is -4.34. The highest BCUT2D eigenvalue weighted by Gasteiger charge is 2.44. The monoisotopic (exact) mass is 800 g/mol. The van der Waals surface area contributed by atoms with E-state index >= 15 is 0 Å². The molecule has 0 bridgehead atoms. The molecule has 5 atom stereocenters. The summed E-state index contributed by atoms with van der Waals surface area (Å²) in [5.41, 5.74) is 0.262. The third-order valence-electron chi connectivity index (χ3n) is 8.66. The van der Waals surface area contributed by atoms with Gasteiger partial charge >= 0.3 is 12.5 Å². The maximum absolute atomic E-state index is 14.2. The van der Waals surface area contributed by atoms with Crippen molar-refractivity contribution in [3.05, 3.63) is 94.5 Å². The van der Waals surface area contributed by atoms with Gasteiger partial charge in [-0.15, -0.1) is 13.2 Å². The zero-order valence-electron chi connectivity index (χ0n) is 29.0. The number of non-ortho nitro benzene ring substituents is 1. The average molecular weight is 801 g/mol. The Balaban J connectivity index is 1.52. The fraction of sp³-hybridized carbons (Fsp3) is 0.441. The lowest BCUT2D eigenvalue weighted by Crippen LogP contribution is -2.58. The third kappa shape index (κ3) is 10.7. The fourth-order valence-electron chi connectivity index (χ4n) is 6.15. The molecule has 2 fully saturated rings. The highest BCUT2D eigenvalue weighted by molar-refractivity contribution is 7.89. The van der Waals surface area contributed by atoms with Gasteiger partial charge in [0.1, 0.15) is 11.9 Å². The summed E-state index contributed by atoms with van der Waals surface area (Å²) in [7, 11) is -9.10. The van der Waals surface area contributed by atoms with E-state index in [9.17, 15) is 44.9 Å². The van der Waals surface area contributed by atoms with Crippen molar-refractivity contribution >= 4 is 31.8 Å². The van der Waals surface area contributed by atoms with E-state index in [4.69, 9.17) is 14.2 Å². The van der Waals surface area contributed by atoms with Crippen LogP contribution in [0, 0.1) is 22.0 Å². The Kier molecular flexibility index (Phi) is 12.8. The van der Waals surface area contributed by atoms with Crippen molar-refractivity contribution < 1.29 is 58.7 Å². The standard InChI is InChI=1S/C34H39F3N4O11S2/c1-22(2)19-40(54(47,48)27-14-10-25(11-15-27)52-34(35,36)37)20-30(39-53(45,46)26-12-8-24(9-13-26)41(43)44)29(18-23-6-4-3-5-7-23)38-33(42)51-31-21-50-32-28(31)16-17-49-32/h3-15,22,28-32,39H,16-21H2,1-2H3,(H,38,42)/t28-,29-,30+,31-,32+/m0/s1. The number of nitrogens with zero attached hydrogens (tertiary/aromatic N) is 2. The van der Waals surface area contributed by atoms with E-state index in [-0.39, 0.29) is 42.0 Å². The van der Waals surface area contributed by atoms with Gasteiger partial charge in [-0.25, -0.2) is 26.4 Å². The molecule has 15 nitrogen and oxygen atoms in total. The van der Waals surface area contributed by atoms with E-state index in [1.165, 1.54) is 0 Å². The van der Waals surface area contributed by atoms with Crippen LogP contribution < -0.4 is 14.8 Å². The minimum Gasteiger partial charge on any atom is -0.443 e. The fourth-order valence-corrected chi connectivity index (χ4v) is 9.05. The van der Waals surface area contributed by atoms with Crippen LogP contribution in [0.15, 0.2) is 88.7 Å². The van der Waals surface area contributed by atoms with Crippen molar-refractivity contribution in [2.45, 2.75) is 67.3 Å². The number of alkyl halides is 3. The molecule has 0 aromatic heterocycles. The molecule has 3 aromatic rings. The quantitative estimate of drug-likeness (QED) is 0.152. The van der Waals surface area contributed by atoms with Crippen molar-refractivity contribution in [1.82, 2.24) is 14.3 Å². The molecular weight excluding hydrogens is 762 g/mol. The van der Waals surface area contributed by atoms with Crippen LogP contribution in [0.5, 0.6) is 5.75 Å². The van der Waals surface area contributed by atoms with Gasteiger partial charge in [0.25, 0.3) is 5.69 Å². The van der Waals surface area contributed by atoms with Crippen molar-refractivity contribution in [2.24, 2.45) is 11.8 Å². The normalized spacial score (nSPS) is 20.0. The number of rotatable bonds is 16. The van der Waals surface area contributed by atoms with Gasteiger partial charge < -0.3 is 24.3 Å². The smallest absolute Gasteiger partial charge is 0.443 e. The van der Waals surface area contributed by atoms with Gasteiger partial charge in [0.15, 0.2) is 6.29 Å². The van der Waals surface area contributed by atoms with Crippen LogP contribution in [0.4, 0.5) is 23.7 Å². The zero-order valence-corrected chi connectivity index (χ0v) is 30.7. The Morgan fingerprint density at radius 2 is 1.59 bits per heavy atom. The number of carbonyl (C=O) groups excluding carboxylic acids is 1. The number of ether oxygens (including phenoxy) is 4. The molecule has 0 aliphatic carbocycles. The summed E-state index contributed by atoms with van der Waals surface area (Å²) in [5.74, 6) is -1.22. The van der Waals surface area contributed by atoms with Gasteiger partial charge in [0.2, 0.25) is 20.0 Å². The number of hydrogen-bond acceptors (Lipinski definition) is 11. The van der Waals surface area contributed by atoms with Crippen molar-refractivity contribution in [3.8, 4) is 5.75 Å². The predicted molar refractivity (Wildman–Crippen MR) is 185 cm³/mol. The van der Waals surface area contributed by atoms with E-state index in [0.717, 1.165) is 52.8 Å². The Morgan fingerprint density at radius 3 is 2.20 bits per heavy atom. The SMILES string of the molecule is CC(C)CN(C[C@@H](NS(=O)(=O)c1ccc([N+](=O)[O-])cc1)[C@H](Cc1ccccc1)NC(=O)O[C@H]1CO[C@H]2OCC[C@H]21)S(=O)(=O)c1ccc(OC(F)(F)F)cc1. The summed E-state index contributed by atoms with van der Waals surface area (Å²) < 4.78 is 119. The number of amides is 1. The van der Waals surface area contributed by atoms with E-state index in [0.29, 0.717) is 18.6 Å². The van der Waals surface area contributed by atoms with E-state index in [2.05, 4.69) is 14.8 Å². The number of carbonyl (C=O) groups is 1. The summed E-state index contributed by atoms with van der Waals surface area (Å²) in [4.78, 5) is 23.3. The topological polar surface area (TPSA) is 193 Å². The van der Waals surface area contributed by atoms with Gasteiger partial charge in [-0.3, -0.25) is 10.1 Å². The van der Waals surface area contributed by atoms with Crippen LogP contribution in [-0.2, 0) is 40.7 Å². The van der Waals surface area contributed by atoms with E-state index in [1.807, 2.05) is 0 Å². The predicted octanol–water partition coefficient (Wildman–Crippen LogP) is 4.59. The third-order valence-corrected chi connectivity index (χ3v) is 12.0. The molecule has 0 saturated carbocycles. The molecule has 54 heavy (non-hydrogen) atoms. The minimum absolute atomic E-state index is 0.0290. The number of alkyl carbamates (subject to hydrolysis) is 1. The molecule has 2 aliphatic heterocycles. The molecule has 0 spiro atoms. The number of nitro benzene ring substituents is 1. The molecular formula is C34H39F3N4O11S2. The number of sulfonamides is 2. The van der Waals surface area contributed by atoms with Gasteiger partial charge in [0.05, 0.1) is 45.9 Å². The Bertz CT molecular complexity index is 1970. The molecule has 2 heterocycles. The average Bonchev–Trinajstić information content (AvgIpc) is 3.72. The van der Waals surface area contributed by atoms with Crippen molar-refractivity contribution in [3.63, 3.8) is 0 Å². The molecule has 0 unspecified atom stereocenters. The maximum Gasteiger partial charge on any atom is 0.573 e. The Morgan fingerprint density at radius 1 is 0.944 bits per heavy atom. The molecule has 20 heteroatoms. The number of nitro groups is 1. The summed E-state index contributed by atoms with van der Waals surface area (Å²) in [6.45, 7) is 3.13. The molecule has 294 valence electrons. The number of fused-ring (bicyclic) bond motifs is 1. The van der Waals surface area contributed by atoms with E-state index < -0.39 is 79.1 Å². The lowest BCUT2D eigenvalue weighted by atomic mass is 9.99. The number of halogens is 3. The Labute approximate surface area is 310 Å². The summed E-state index contributed by atoms with van der Waals surface area (Å²) in [6, 6.07) is 13.6. The lowest BCUT2D eigenvalue weighted by Gasteiger charge is -2.34. The van der Waals surface area contributed by atoms with Crippen LogP contribution in [0.2, 0.25) is 0 Å². The molecule has 1 amide bonds. The van der Waals surface area contributed by atoms with E-state index in [1.54, 1.807) is 44.2 Å². The lowest BCUT2D eigenvalue weighted by molar-refractivity contribution is -0.384. The van der Waals surface area contributed by atoms with Crippen LogP contribution in [0.3, 0.4) is 0 Å². The van der Waals surface area contributed by atoms with Crippen LogP contribution >= 0.6 is 0 Å². The molecule has 2 saturated heterocycles. The maximum atomic E-state index is 14.2. The van der Waals surface area contributed by atoms with Gasteiger partial charge in [-0.1, -0.05) is 44.2 Å². The second-order valence-electron chi connectivity index (χ2n) is 13.1. The molecule has 5 rings (SSSR count). The first-order chi connectivity index (χ1) is 25.4. The van der Waals surface area contributed by atoms with Gasteiger partial charge in [0, 0.05) is 25.2 Å². The molecule has 2 aliphatic rings. The number of nitrogens with one attached hydrogen (secondary N) is 2. The molecule has 0 radical (unpaired) electrons. The van der Waals surface area contributed by atoms with Crippen molar-refractivity contribution in [2.75, 3.05) is 26.3 Å². The van der Waals surface area contributed by atoms with Crippen LogP contribution in [-0.4, -0.2) is 89.3 Å². The summed E-state index contributed by atoms with van der Waals surface area (Å²) in [6.07, 6.45) is -6.61. The first kappa shape index (κ1) is 40.8. The highest BCUT2D eigenvalue weighted by atomic mass is 32.2. The summed E-state index contributed by atoms with van der Waals surface area (Å²) in [5, 5.41) is 14.0. The largest absolute Gasteiger partial charge is 0.573 e. The second kappa shape index (κ2) is 17.0. The zero-order chi connectivity index (χ0) is 39.3. The second-order valence-corrected chi connectivity index (χ2v) is 16.8. The molecule has 2 N–H and O–H groups in total. The summed E-state index contributed by atoms with van der Waals surface area (Å²) >= 11 is 0. The minimum atomic E-state index is -5.02. The number of benzene rings is 3. The van der Waals surface area contributed by atoms with Crippen LogP contribution in [0.1, 0.15) is 25.8 Å². The van der Waals surface area contributed by atoms with Gasteiger partial charge in [-0.2, -0.15) is 4.31 Å².